The van der Waals surface area contributed by atoms with E-state index in [2.05, 4.69) is 4.98 Å². The summed E-state index contributed by atoms with van der Waals surface area (Å²) in [7, 11) is -4.20. The summed E-state index contributed by atoms with van der Waals surface area (Å²) >= 11 is 13.3. The number of rotatable bonds is 8. The van der Waals surface area contributed by atoms with E-state index >= 15 is 0 Å². The van der Waals surface area contributed by atoms with Crippen molar-refractivity contribution in [1.29, 1.82) is 5.41 Å². The van der Waals surface area contributed by atoms with Crippen molar-refractivity contribution in [3.63, 3.8) is 0 Å². The van der Waals surface area contributed by atoms with Crippen molar-refractivity contribution < 1.29 is 22.7 Å². The monoisotopic (exact) mass is 722 g/mol. The maximum absolute atomic E-state index is 14.1. The van der Waals surface area contributed by atoms with Crippen molar-refractivity contribution in [3.8, 4) is 5.75 Å². The van der Waals surface area contributed by atoms with Gasteiger partial charge in [0.1, 0.15) is 34.6 Å². The van der Waals surface area contributed by atoms with Crippen molar-refractivity contribution in [2.24, 2.45) is 5.73 Å². The van der Waals surface area contributed by atoms with Crippen molar-refractivity contribution in [1.82, 2.24) is 19.1 Å². The second-order valence-corrected chi connectivity index (χ2v) is 14.9. The number of ether oxygens (including phenoxy) is 1. The van der Waals surface area contributed by atoms with Crippen LogP contribution in [-0.2, 0) is 21.4 Å². The molecule has 49 heavy (non-hydrogen) atoms. The first-order valence-corrected chi connectivity index (χ1v) is 18.1. The maximum atomic E-state index is 14.1. The highest BCUT2D eigenvalue weighted by Gasteiger charge is 2.43. The Labute approximate surface area is 295 Å². The molecule has 0 saturated carbocycles. The second-order valence-electron chi connectivity index (χ2n) is 12.2. The third-order valence-electron chi connectivity index (χ3n) is 9.06. The summed E-state index contributed by atoms with van der Waals surface area (Å²) in [6, 6.07) is 16.0. The number of benzene rings is 3. The predicted octanol–water partition coefficient (Wildman–Crippen LogP) is 5.16. The number of sulfonamides is 1. The number of nitrogen functional groups attached to an aromatic ring is 1. The second kappa shape index (κ2) is 13.9. The summed E-state index contributed by atoms with van der Waals surface area (Å²) in [4.78, 5) is 34.6. The Morgan fingerprint density at radius 1 is 0.959 bits per heavy atom. The topological polar surface area (TPSA) is 150 Å². The van der Waals surface area contributed by atoms with Gasteiger partial charge in [-0.3, -0.25) is 15.0 Å². The molecule has 2 saturated heterocycles. The highest BCUT2D eigenvalue weighted by atomic mass is 35.5. The zero-order chi connectivity index (χ0) is 35.0. The number of amides is 2. The number of carbonyl (C=O) groups is 2. The fourth-order valence-corrected chi connectivity index (χ4v) is 8.96. The summed E-state index contributed by atoms with van der Waals surface area (Å²) in [5, 5.41) is 8.67. The van der Waals surface area contributed by atoms with E-state index in [1.807, 2.05) is 32.0 Å². The number of nitrogens with two attached hydrogens (primary N) is 1. The number of para-hydroxylation sites is 1. The van der Waals surface area contributed by atoms with E-state index in [9.17, 15) is 18.0 Å². The molecule has 6 rings (SSSR count). The summed E-state index contributed by atoms with van der Waals surface area (Å²) in [6.07, 6.45) is 0.881. The summed E-state index contributed by atoms with van der Waals surface area (Å²) < 4.78 is 35.6. The van der Waals surface area contributed by atoms with Crippen LogP contribution < -0.4 is 10.5 Å². The van der Waals surface area contributed by atoms with Crippen LogP contribution in [0.15, 0.2) is 65.6 Å². The number of hydrogen-bond donors (Lipinski definition) is 2. The SMILES string of the molecule is Cc1cc(C)c2cccc(OCc3c(Cl)ccc(S(=O)(=O)N4CCCC4C(=O)N4CCN(C(=O)c5ccc(C(=N)N)cc5)CC4)c3Cl)c2n1. The van der Waals surface area contributed by atoms with Crippen LogP contribution in [0, 0.1) is 19.3 Å². The normalized spacial score (nSPS) is 17.0. The molecule has 3 aromatic carbocycles. The lowest BCUT2D eigenvalue weighted by atomic mass is 10.1. The largest absolute Gasteiger partial charge is 0.487 e. The third-order valence-corrected chi connectivity index (χ3v) is 11.9. The van der Waals surface area contributed by atoms with Gasteiger partial charge in [-0.15, -0.1) is 0 Å². The van der Waals surface area contributed by atoms with Gasteiger partial charge in [0.25, 0.3) is 5.91 Å². The van der Waals surface area contributed by atoms with E-state index in [0.29, 0.717) is 53.9 Å². The molecule has 11 nitrogen and oxygen atoms in total. The highest BCUT2D eigenvalue weighted by molar-refractivity contribution is 7.89. The molecule has 0 aliphatic carbocycles. The number of halogens is 2. The molecular formula is C35H36Cl2N6O5S. The molecule has 0 bridgehead atoms. The van der Waals surface area contributed by atoms with Crippen molar-refractivity contribution in [2.75, 3.05) is 32.7 Å². The molecule has 14 heteroatoms. The summed E-state index contributed by atoms with van der Waals surface area (Å²) in [5.74, 6) is -0.0581. The molecule has 2 fully saturated rings. The van der Waals surface area contributed by atoms with Crippen LogP contribution in [0.2, 0.25) is 10.0 Å². The number of aryl methyl sites for hydroxylation is 2. The summed E-state index contributed by atoms with van der Waals surface area (Å²) in [6.45, 7) is 5.12. The first-order valence-electron chi connectivity index (χ1n) is 15.9. The molecule has 3 heterocycles. The number of pyridine rings is 1. The first kappa shape index (κ1) is 34.6. The Hall–Kier alpha value is -4.23. The van der Waals surface area contributed by atoms with Crippen molar-refractivity contribution >= 4 is 61.8 Å². The molecule has 2 aliphatic heterocycles. The van der Waals surface area contributed by atoms with E-state index in [0.717, 1.165) is 16.6 Å². The van der Waals surface area contributed by atoms with E-state index in [-0.39, 0.29) is 58.8 Å². The Balaban J connectivity index is 1.16. The number of amidine groups is 1. The van der Waals surface area contributed by atoms with Gasteiger partial charge in [0.15, 0.2) is 0 Å². The standard InChI is InChI=1S/C35H36Cl2N6O5S/c1-21-19-22(2)40-32-25(21)5-3-7-29(32)48-20-26-27(36)12-13-30(31(26)37)49(46,47)43-14-4-6-28(43)35(45)42-17-15-41(16-18-42)34(44)24-10-8-23(9-11-24)33(38)39/h3,5,7-13,19,28H,4,6,14-18,20H2,1-2H3,(H3,38,39). The van der Waals surface area contributed by atoms with Crippen LogP contribution in [-0.4, -0.2) is 83.9 Å². The third kappa shape index (κ3) is 6.83. The van der Waals surface area contributed by atoms with Crippen LogP contribution in [0.3, 0.4) is 0 Å². The fraction of sp³-hybridized carbons (Fsp3) is 0.314. The average Bonchev–Trinajstić information content (AvgIpc) is 3.59. The van der Waals surface area contributed by atoms with Crippen LogP contribution in [0.1, 0.15) is 45.6 Å². The van der Waals surface area contributed by atoms with E-state index in [4.69, 9.17) is 39.1 Å². The minimum absolute atomic E-state index is 0.0605. The molecule has 0 spiro atoms. The molecule has 1 aromatic heterocycles. The van der Waals surface area contributed by atoms with Crippen molar-refractivity contribution in [2.45, 2.75) is 44.2 Å². The zero-order valence-corrected chi connectivity index (χ0v) is 29.4. The Morgan fingerprint density at radius 2 is 1.63 bits per heavy atom. The van der Waals surface area contributed by atoms with Gasteiger partial charge in [-0.2, -0.15) is 4.31 Å². The number of hydrogen-bond acceptors (Lipinski definition) is 7. The van der Waals surface area contributed by atoms with E-state index in [1.54, 1.807) is 40.1 Å². The first-order chi connectivity index (χ1) is 23.4. The Kier molecular flexibility index (Phi) is 9.86. The molecule has 2 aliphatic rings. The fourth-order valence-electron chi connectivity index (χ4n) is 6.45. The van der Waals surface area contributed by atoms with E-state index in [1.165, 1.54) is 16.4 Å². The van der Waals surface area contributed by atoms with Gasteiger partial charge in [0.05, 0.1) is 5.02 Å². The molecular weight excluding hydrogens is 687 g/mol. The molecule has 1 unspecified atom stereocenters. The number of piperazine rings is 1. The Morgan fingerprint density at radius 3 is 2.33 bits per heavy atom. The predicted molar refractivity (Wildman–Crippen MR) is 189 cm³/mol. The van der Waals surface area contributed by atoms with E-state index < -0.39 is 16.1 Å². The molecule has 0 radical (unpaired) electrons. The average molecular weight is 724 g/mol. The molecule has 4 aromatic rings. The smallest absolute Gasteiger partial charge is 0.253 e. The lowest BCUT2D eigenvalue weighted by molar-refractivity contribution is -0.136. The van der Waals surface area contributed by atoms with Gasteiger partial charge in [-0.05, 0) is 68.7 Å². The van der Waals surface area contributed by atoms with Gasteiger partial charge < -0.3 is 20.3 Å². The Bertz CT molecular complexity index is 2070. The van der Waals surface area contributed by atoms with Gasteiger partial charge >= 0.3 is 0 Å². The zero-order valence-electron chi connectivity index (χ0n) is 27.1. The number of nitrogens with zero attached hydrogens (tertiary/aromatic N) is 4. The van der Waals surface area contributed by atoms with Gasteiger partial charge in [-0.1, -0.05) is 47.5 Å². The maximum Gasteiger partial charge on any atom is 0.253 e. The quantitative estimate of drug-likeness (QED) is 0.188. The molecule has 256 valence electrons. The highest BCUT2D eigenvalue weighted by Crippen LogP contribution is 2.37. The van der Waals surface area contributed by atoms with Crippen LogP contribution >= 0.6 is 23.2 Å². The minimum atomic E-state index is -4.20. The number of nitrogens with one attached hydrogen (secondary N) is 1. The van der Waals surface area contributed by atoms with Gasteiger partial charge in [0, 0.05) is 65.5 Å². The number of fused-ring (bicyclic) bond motifs is 1. The van der Waals surface area contributed by atoms with Gasteiger partial charge in [-0.25, -0.2) is 13.4 Å². The molecule has 2 amide bonds. The number of aromatic nitrogens is 1. The molecule has 3 N–H and O–H groups in total. The lowest BCUT2D eigenvalue weighted by Gasteiger charge is -2.37. The van der Waals surface area contributed by atoms with Gasteiger partial charge in [0.2, 0.25) is 15.9 Å². The number of carbonyl (C=O) groups excluding carboxylic acids is 2. The lowest BCUT2D eigenvalue weighted by Crippen LogP contribution is -2.55. The van der Waals surface area contributed by atoms with Crippen LogP contribution in [0.5, 0.6) is 5.75 Å². The molecule has 1 atom stereocenters. The summed E-state index contributed by atoms with van der Waals surface area (Å²) in [5.41, 5.74) is 9.39. The minimum Gasteiger partial charge on any atom is -0.487 e. The van der Waals surface area contributed by atoms with Crippen molar-refractivity contribution in [3.05, 3.63) is 98.7 Å². The van der Waals surface area contributed by atoms with Crippen LogP contribution in [0.25, 0.3) is 10.9 Å². The van der Waals surface area contributed by atoms with Crippen LogP contribution in [0.4, 0.5) is 0 Å².